The highest BCUT2D eigenvalue weighted by molar-refractivity contribution is 9.10. The van der Waals surface area contributed by atoms with Crippen molar-refractivity contribution in [2.24, 2.45) is 0 Å². The number of nitrogens with zero attached hydrogens (tertiary/aromatic N) is 1. The second-order valence-corrected chi connectivity index (χ2v) is 9.08. The number of morpholine rings is 1. The molecule has 2 amide bonds. The average molecular weight is 488 g/mol. The number of anilines is 1. The highest BCUT2D eigenvalue weighted by atomic mass is 79.9. The van der Waals surface area contributed by atoms with E-state index in [0.29, 0.717) is 5.56 Å². The van der Waals surface area contributed by atoms with Gasteiger partial charge in [0, 0.05) is 48.3 Å². The van der Waals surface area contributed by atoms with Crippen LogP contribution in [-0.2, 0) is 16.1 Å². The van der Waals surface area contributed by atoms with E-state index in [1.807, 2.05) is 49.4 Å². The van der Waals surface area contributed by atoms with E-state index in [4.69, 9.17) is 4.74 Å². The third-order valence-electron chi connectivity index (χ3n) is 5.23. The normalized spacial score (nSPS) is 19.1. The van der Waals surface area contributed by atoms with Crippen LogP contribution in [0.15, 0.2) is 46.9 Å². The lowest BCUT2D eigenvalue weighted by molar-refractivity contribution is -0.116. The minimum Gasteiger partial charge on any atom is -0.373 e. The topological polar surface area (TPSA) is 70.7 Å². The van der Waals surface area contributed by atoms with Crippen molar-refractivity contribution < 1.29 is 14.3 Å². The molecule has 1 fully saturated rings. The highest BCUT2D eigenvalue weighted by Gasteiger charge is 2.22. The molecule has 0 aromatic heterocycles. The summed E-state index contributed by atoms with van der Waals surface area (Å²) in [5.74, 6) is -0.308. The monoisotopic (exact) mass is 487 g/mol. The number of carbonyl (C=O) groups excluding carboxylic acids is 2. The van der Waals surface area contributed by atoms with E-state index in [-0.39, 0.29) is 37.0 Å². The average Bonchev–Trinajstić information content (AvgIpc) is 2.70. The molecular formula is C24H30BrN3O3. The lowest BCUT2D eigenvalue weighted by Crippen LogP contribution is -2.44. The number of carbonyl (C=O) groups is 2. The highest BCUT2D eigenvalue weighted by Crippen LogP contribution is 2.20. The van der Waals surface area contributed by atoms with Gasteiger partial charge in [-0.1, -0.05) is 34.1 Å². The van der Waals surface area contributed by atoms with Gasteiger partial charge < -0.3 is 15.4 Å². The van der Waals surface area contributed by atoms with Crippen molar-refractivity contribution in [3.63, 3.8) is 0 Å². The van der Waals surface area contributed by atoms with Gasteiger partial charge in [-0.25, -0.2) is 0 Å². The molecule has 0 radical (unpaired) electrons. The Kier molecular flexibility index (Phi) is 8.23. The van der Waals surface area contributed by atoms with Crippen LogP contribution in [0.5, 0.6) is 0 Å². The first-order valence-corrected chi connectivity index (χ1v) is 11.4. The summed E-state index contributed by atoms with van der Waals surface area (Å²) in [6.07, 6.45) is 0.681. The Morgan fingerprint density at radius 3 is 2.45 bits per heavy atom. The Morgan fingerprint density at radius 2 is 1.77 bits per heavy atom. The van der Waals surface area contributed by atoms with Crippen LogP contribution in [-0.4, -0.2) is 48.6 Å². The van der Waals surface area contributed by atoms with E-state index in [1.54, 1.807) is 0 Å². The van der Waals surface area contributed by atoms with Gasteiger partial charge in [-0.15, -0.1) is 0 Å². The largest absolute Gasteiger partial charge is 0.373 e. The van der Waals surface area contributed by atoms with Crippen LogP contribution in [0.25, 0.3) is 0 Å². The second kappa shape index (κ2) is 10.9. The fourth-order valence-corrected chi connectivity index (χ4v) is 4.13. The molecule has 2 atom stereocenters. The van der Waals surface area contributed by atoms with E-state index in [1.165, 1.54) is 5.56 Å². The van der Waals surface area contributed by atoms with E-state index in [2.05, 4.69) is 45.3 Å². The Hall–Kier alpha value is -2.22. The van der Waals surface area contributed by atoms with Crippen LogP contribution in [0.4, 0.5) is 5.69 Å². The number of hydrogen-bond donors (Lipinski definition) is 2. The molecule has 1 aliphatic heterocycles. The molecule has 0 aliphatic carbocycles. The van der Waals surface area contributed by atoms with Crippen LogP contribution in [0.2, 0.25) is 0 Å². The molecule has 2 N–H and O–H groups in total. The number of ether oxygens (including phenoxy) is 1. The van der Waals surface area contributed by atoms with E-state index in [9.17, 15) is 9.59 Å². The number of rotatable bonds is 7. The molecule has 7 heteroatoms. The van der Waals surface area contributed by atoms with E-state index < -0.39 is 0 Å². The molecule has 6 nitrogen and oxygen atoms in total. The summed E-state index contributed by atoms with van der Waals surface area (Å²) in [4.78, 5) is 27.0. The van der Waals surface area contributed by atoms with Crippen molar-refractivity contribution in [1.29, 1.82) is 0 Å². The molecular weight excluding hydrogens is 458 g/mol. The van der Waals surface area contributed by atoms with Crippen LogP contribution < -0.4 is 10.6 Å². The zero-order valence-corrected chi connectivity index (χ0v) is 19.9. The number of nitrogens with one attached hydrogen (secondary N) is 2. The van der Waals surface area contributed by atoms with Crippen molar-refractivity contribution in [2.75, 3.05) is 25.0 Å². The molecule has 0 saturated carbocycles. The van der Waals surface area contributed by atoms with Gasteiger partial charge in [0.1, 0.15) is 0 Å². The van der Waals surface area contributed by atoms with Gasteiger partial charge in [0.25, 0.3) is 5.91 Å². The lowest BCUT2D eigenvalue weighted by Gasteiger charge is -2.35. The van der Waals surface area contributed by atoms with Gasteiger partial charge in [0.05, 0.1) is 12.2 Å². The first kappa shape index (κ1) is 23.4. The van der Waals surface area contributed by atoms with Crippen LogP contribution in [0, 0.1) is 6.92 Å². The van der Waals surface area contributed by atoms with E-state index in [0.717, 1.165) is 35.4 Å². The SMILES string of the molecule is Cc1ccc(Br)cc1NC(=O)CCNC(=O)c1ccc(CN2CC(C)OC(C)C2)cc1. The molecule has 1 aliphatic rings. The molecule has 166 valence electrons. The van der Waals surface area contributed by atoms with Gasteiger partial charge in [0.15, 0.2) is 0 Å². The summed E-state index contributed by atoms with van der Waals surface area (Å²) in [5.41, 5.74) is 3.52. The first-order chi connectivity index (χ1) is 14.8. The van der Waals surface area contributed by atoms with Crippen LogP contribution >= 0.6 is 15.9 Å². The maximum Gasteiger partial charge on any atom is 0.251 e. The summed E-state index contributed by atoms with van der Waals surface area (Å²) in [6.45, 7) is 9.07. The van der Waals surface area contributed by atoms with Gasteiger partial charge in [0.2, 0.25) is 5.91 Å². The third kappa shape index (κ3) is 7.16. The predicted molar refractivity (Wildman–Crippen MR) is 126 cm³/mol. The maximum atomic E-state index is 12.4. The summed E-state index contributed by atoms with van der Waals surface area (Å²) in [6, 6.07) is 13.4. The van der Waals surface area contributed by atoms with Gasteiger partial charge in [-0.05, 0) is 56.2 Å². The summed E-state index contributed by atoms with van der Waals surface area (Å²) in [5, 5.41) is 5.70. The van der Waals surface area contributed by atoms with Gasteiger partial charge >= 0.3 is 0 Å². The quantitative estimate of drug-likeness (QED) is 0.615. The summed E-state index contributed by atoms with van der Waals surface area (Å²) < 4.78 is 6.68. The van der Waals surface area contributed by atoms with Gasteiger partial charge in [-0.3, -0.25) is 14.5 Å². The minimum absolute atomic E-state index is 0.134. The zero-order chi connectivity index (χ0) is 22.4. The number of benzene rings is 2. The Labute approximate surface area is 192 Å². The second-order valence-electron chi connectivity index (χ2n) is 8.16. The molecule has 2 unspecified atom stereocenters. The molecule has 3 rings (SSSR count). The van der Waals surface area contributed by atoms with Crippen molar-refractivity contribution in [3.8, 4) is 0 Å². The standard InChI is InChI=1S/C24H30BrN3O3/c1-16-4-9-21(25)12-22(16)27-23(29)10-11-26-24(30)20-7-5-19(6-8-20)15-28-13-17(2)31-18(3)14-28/h4-9,12,17-18H,10-11,13-15H2,1-3H3,(H,26,30)(H,27,29). The van der Waals surface area contributed by atoms with Crippen molar-refractivity contribution >= 4 is 33.4 Å². The smallest absolute Gasteiger partial charge is 0.251 e. The third-order valence-corrected chi connectivity index (χ3v) is 5.72. The summed E-state index contributed by atoms with van der Waals surface area (Å²) >= 11 is 3.41. The Morgan fingerprint density at radius 1 is 1.10 bits per heavy atom. The van der Waals surface area contributed by atoms with E-state index >= 15 is 0 Å². The number of hydrogen-bond acceptors (Lipinski definition) is 4. The zero-order valence-electron chi connectivity index (χ0n) is 18.3. The fraction of sp³-hybridized carbons (Fsp3) is 0.417. The molecule has 31 heavy (non-hydrogen) atoms. The lowest BCUT2D eigenvalue weighted by atomic mass is 10.1. The number of halogens is 1. The van der Waals surface area contributed by atoms with Crippen LogP contribution in [0.1, 0.15) is 41.8 Å². The van der Waals surface area contributed by atoms with Crippen molar-refractivity contribution in [3.05, 3.63) is 63.6 Å². The molecule has 0 spiro atoms. The molecule has 0 bridgehead atoms. The minimum atomic E-state index is -0.174. The number of aryl methyl sites for hydroxylation is 1. The fourth-order valence-electron chi connectivity index (χ4n) is 3.77. The van der Waals surface area contributed by atoms with Crippen molar-refractivity contribution in [1.82, 2.24) is 10.2 Å². The van der Waals surface area contributed by atoms with Crippen molar-refractivity contribution in [2.45, 2.75) is 45.9 Å². The summed E-state index contributed by atoms with van der Waals surface area (Å²) in [7, 11) is 0. The first-order valence-electron chi connectivity index (χ1n) is 10.6. The molecule has 1 saturated heterocycles. The molecule has 1 heterocycles. The molecule has 2 aromatic rings. The maximum absolute atomic E-state index is 12.4. The number of amides is 2. The molecule has 2 aromatic carbocycles. The Balaban J connectivity index is 1.44. The Bertz CT molecular complexity index is 907. The van der Waals surface area contributed by atoms with Crippen LogP contribution in [0.3, 0.4) is 0 Å². The predicted octanol–water partition coefficient (Wildman–Crippen LogP) is 4.13. The van der Waals surface area contributed by atoms with Gasteiger partial charge in [-0.2, -0.15) is 0 Å².